The van der Waals surface area contributed by atoms with Crippen LogP contribution in [-0.2, 0) is 10.0 Å². The molecule has 2 rings (SSSR count). The van der Waals surface area contributed by atoms with E-state index in [1.807, 2.05) is 12.1 Å². The van der Waals surface area contributed by atoms with Gasteiger partial charge in [-0.1, -0.05) is 0 Å². The van der Waals surface area contributed by atoms with E-state index in [2.05, 4.69) is 21.9 Å². The van der Waals surface area contributed by atoms with Gasteiger partial charge in [0.25, 0.3) is 0 Å². The van der Waals surface area contributed by atoms with Gasteiger partial charge in [0.1, 0.15) is 0 Å². The number of hydrogen-bond donors (Lipinski definition) is 2. The lowest BCUT2D eigenvalue weighted by Gasteiger charge is -2.31. The van der Waals surface area contributed by atoms with Gasteiger partial charge >= 0.3 is 0 Å². The van der Waals surface area contributed by atoms with Crippen molar-refractivity contribution in [2.75, 3.05) is 38.1 Å². The van der Waals surface area contributed by atoms with Crippen molar-refractivity contribution in [1.29, 1.82) is 0 Å². The van der Waals surface area contributed by atoms with Crippen LogP contribution in [0.1, 0.15) is 19.8 Å². The van der Waals surface area contributed by atoms with Gasteiger partial charge in [0, 0.05) is 18.8 Å². The topological polar surface area (TPSA) is 61.4 Å². The number of benzene rings is 1. The van der Waals surface area contributed by atoms with Crippen molar-refractivity contribution in [2.24, 2.45) is 5.92 Å². The van der Waals surface area contributed by atoms with Crippen molar-refractivity contribution >= 4 is 15.7 Å². The Bertz CT molecular complexity index is 537. The fraction of sp³-hybridized carbons (Fsp3) is 0.600. The summed E-state index contributed by atoms with van der Waals surface area (Å²) in [7, 11) is -1.92. The number of sulfonamides is 1. The first-order valence-electron chi connectivity index (χ1n) is 7.56. The highest BCUT2D eigenvalue weighted by molar-refractivity contribution is 7.89. The highest BCUT2D eigenvalue weighted by Crippen LogP contribution is 2.21. The Morgan fingerprint density at radius 2 is 1.86 bits per heavy atom. The molecular weight excluding hydrogens is 286 g/mol. The Morgan fingerprint density at radius 3 is 2.38 bits per heavy atom. The quantitative estimate of drug-likeness (QED) is 0.834. The van der Waals surface area contributed by atoms with Gasteiger partial charge in [-0.05, 0) is 70.1 Å². The van der Waals surface area contributed by atoms with Crippen LogP contribution < -0.4 is 14.9 Å². The molecule has 6 heteroatoms. The van der Waals surface area contributed by atoms with Crippen LogP contribution in [-0.4, -0.2) is 41.6 Å². The van der Waals surface area contributed by atoms with Crippen LogP contribution in [0.4, 0.5) is 5.69 Å². The summed E-state index contributed by atoms with van der Waals surface area (Å²) in [6.45, 7) is 6.31. The zero-order valence-corrected chi connectivity index (χ0v) is 13.6. The Hall–Kier alpha value is -1.11. The summed E-state index contributed by atoms with van der Waals surface area (Å²) in [5.41, 5.74) is 1.09. The van der Waals surface area contributed by atoms with E-state index in [0.717, 1.165) is 31.9 Å². The summed E-state index contributed by atoms with van der Waals surface area (Å²) in [6, 6.07) is 7.14. The molecule has 1 aliphatic rings. The zero-order valence-electron chi connectivity index (χ0n) is 12.8. The normalized spacial score (nSPS) is 16.9. The van der Waals surface area contributed by atoms with Gasteiger partial charge < -0.3 is 10.2 Å². The smallest absolute Gasteiger partial charge is 0.240 e. The number of anilines is 1. The Balaban J connectivity index is 2.08. The molecule has 0 aliphatic carbocycles. The van der Waals surface area contributed by atoms with Crippen LogP contribution in [0.5, 0.6) is 0 Å². The fourth-order valence-electron chi connectivity index (χ4n) is 2.75. The summed E-state index contributed by atoms with van der Waals surface area (Å²) in [5.74, 6) is 0.715. The first kappa shape index (κ1) is 16.3. The van der Waals surface area contributed by atoms with Crippen LogP contribution in [0.15, 0.2) is 29.2 Å². The van der Waals surface area contributed by atoms with Gasteiger partial charge in [-0.2, -0.15) is 0 Å². The summed E-state index contributed by atoms with van der Waals surface area (Å²) >= 11 is 0. The number of hydrogen-bond acceptors (Lipinski definition) is 4. The van der Waals surface area contributed by atoms with Crippen molar-refractivity contribution in [3.05, 3.63) is 24.3 Å². The third kappa shape index (κ3) is 4.18. The second kappa shape index (κ2) is 7.24. The summed E-state index contributed by atoms with van der Waals surface area (Å²) in [6.07, 6.45) is 2.42. The maximum Gasteiger partial charge on any atom is 0.240 e. The zero-order chi connectivity index (χ0) is 15.3. The van der Waals surface area contributed by atoms with E-state index in [1.165, 1.54) is 19.9 Å². The van der Waals surface area contributed by atoms with Crippen LogP contribution in [0.3, 0.4) is 0 Å². The molecule has 0 unspecified atom stereocenters. The molecule has 1 saturated heterocycles. The Kier molecular flexibility index (Phi) is 5.61. The minimum absolute atomic E-state index is 0.312. The van der Waals surface area contributed by atoms with Gasteiger partial charge in [-0.25, -0.2) is 13.1 Å². The maximum absolute atomic E-state index is 11.7. The van der Waals surface area contributed by atoms with E-state index >= 15 is 0 Å². The minimum atomic E-state index is -3.35. The van der Waals surface area contributed by atoms with E-state index < -0.39 is 10.0 Å². The molecule has 0 aromatic heterocycles. The molecule has 0 bridgehead atoms. The summed E-state index contributed by atoms with van der Waals surface area (Å²) in [4.78, 5) is 2.64. The van der Waals surface area contributed by atoms with Crippen molar-refractivity contribution in [3.8, 4) is 0 Å². The predicted octanol–water partition coefficient (Wildman–Crippen LogP) is 1.42. The molecular formula is C15H25N3O2S. The first-order valence-corrected chi connectivity index (χ1v) is 9.04. The molecule has 0 spiro atoms. The Labute approximate surface area is 127 Å². The number of nitrogens with zero attached hydrogens (tertiary/aromatic N) is 1. The van der Waals surface area contributed by atoms with Crippen LogP contribution in [0, 0.1) is 5.92 Å². The highest BCUT2D eigenvalue weighted by Gasteiger charge is 2.17. The molecule has 21 heavy (non-hydrogen) atoms. The van der Waals surface area contributed by atoms with E-state index in [9.17, 15) is 8.42 Å². The molecule has 0 amide bonds. The SMILES string of the molecule is CCN(CC1CCNCC1)c1ccc(S(=O)(=O)NC)cc1. The summed E-state index contributed by atoms with van der Waals surface area (Å²) < 4.78 is 25.8. The number of rotatable bonds is 6. The van der Waals surface area contributed by atoms with Crippen molar-refractivity contribution in [2.45, 2.75) is 24.7 Å². The largest absolute Gasteiger partial charge is 0.372 e. The molecule has 118 valence electrons. The second-order valence-corrected chi connectivity index (χ2v) is 7.32. The molecule has 1 aromatic carbocycles. The summed E-state index contributed by atoms with van der Waals surface area (Å²) in [5, 5.41) is 3.38. The van der Waals surface area contributed by atoms with Gasteiger partial charge in [-0.3, -0.25) is 0 Å². The second-order valence-electron chi connectivity index (χ2n) is 5.43. The third-order valence-corrected chi connectivity index (χ3v) is 5.53. The standard InChI is InChI=1S/C15H25N3O2S/c1-3-18(12-13-8-10-17-11-9-13)14-4-6-15(7-5-14)21(19,20)16-2/h4-7,13,16-17H,3,8-12H2,1-2H3. The predicted molar refractivity (Wildman–Crippen MR) is 86.2 cm³/mol. The third-order valence-electron chi connectivity index (χ3n) is 4.10. The van der Waals surface area contributed by atoms with Crippen LogP contribution >= 0.6 is 0 Å². The average molecular weight is 311 g/mol. The molecule has 1 aliphatic heterocycles. The molecule has 0 atom stereocenters. The van der Waals surface area contributed by atoms with Gasteiger partial charge in [-0.15, -0.1) is 0 Å². The maximum atomic E-state index is 11.7. The minimum Gasteiger partial charge on any atom is -0.372 e. The van der Waals surface area contributed by atoms with E-state index in [0.29, 0.717) is 10.8 Å². The molecule has 1 fully saturated rings. The monoisotopic (exact) mass is 311 g/mol. The lowest BCUT2D eigenvalue weighted by Crippen LogP contribution is -2.36. The first-order chi connectivity index (χ1) is 10.1. The molecule has 0 radical (unpaired) electrons. The fourth-order valence-corrected chi connectivity index (χ4v) is 3.48. The highest BCUT2D eigenvalue weighted by atomic mass is 32.2. The molecule has 5 nitrogen and oxygen atoms in total. The lowest BCUT2D eigenvalue weighted by molar-refractivity contribution is 0.374. The molecule has 1 heterocycles. The van der Waals surface area contributed by atoms with E-state index in [-0.39, 0.29) is 0 Å². The van der Waals surface area contributed by atoms with Gasteiger partial charge in [0.2, 0.25) is 10.0 Å². The van der Waals surface area contributed by atoms with Crippen molar-refractivity contribution in [1.82, 2.24) is 10.0 Å². The molecule has 1 aromatic rings. The molecule has 0 saturated carbocycles. The van der Waals surface area contributed by atoms with E-state index in [1.54, 1.807) is 12.1 Å². The number of nitrogens with one attached hydrogen (secondary N) is 2. The Morgan fingerprint density at radius 1 is 1.24 bits per heavy atom. The van der Waals surface area contributed by atoms with Crippen LogP contribution in [0.2, 0.25) is 0 Å². The van der Waals surface area contributed by atoms with Crippen molar-refractivity contribution < 1.29 is 8.42 Å². The van der Waals surface area contributed by atoms with Gasteiger partial charge in [0.05, 0.1) is 4.90 Å². The average Bonchev–Trinajstić information content (AvgIpc) is 2.54. The van der Waals surface area contributed by atoms with E-state index in [4.69, 9.17) is 0 Å². The lowest BCUT2D eigenvalue weighted by atomic mass is 9.97. The number of piperidine rings is 1. The van der Waals surface area contributed by atoms with Gasteiger partial charge in [0.15, 0.2) is 0 Å². The van der Waals surface area contributed by atoms with Crippen LogP contribution in [0.25, 0.3) is 0 Å². The van der Waals surface area contributed by atoms with Crippen molar-refractivity contribution in [3.63, 3.8) is 0 Å². The molecule has 2 N–H and O–H groups in total.